The maximum Gasteiger partial charge on any atom is 0.136 e. The molecule has 12 aromatic carbocycles. The average molecular weight is 957 g/mol. The van der Waals surface area contributed by atoms with Crippen LogP contribution in [0, 0.1) is 0 Å². The van der Waals surface area contributed by atoms with Gasteiger partial charge in [0.2, 0.25) is 0 Å². The van der Waals surface area contributed by atoms with Gasteiger partial charge in [-0.05, 0) is 158 Å². The number of hydrogen-bond acceptors (Lipinski definition) is 2. The molecule has 0 aliphatic rings. The third-order valence-electron chi connectivity index (χ3n) is 14.8. The van der Waals surface area contributed by atoms with Gasteiger partial charge in [0.25, 0.3) is 0 Å². The Kier molecular flexibility index (Phi) is 10.8. The number of anilines is 3. The molecule has 0 N–H and O–H groups in total. The minimum atomic E-state index is 0.902. The van der Waals surface area contributed by atoms with Crippen LogP contribution in [0.25, 0.3) is 116 Å². The van der Waals surface area contributed by atoms with Crippen molar-refractivity contribution in [3.63, 3.8) is 0 Å². The molecule has 0 fully saturated rings. The quantitative estimate of drug-likeness (QED) is 0.136. The summed E-state index contributed by atoms with van der Waals surface area (Å²) in [6, 6.07) is 105. The predicted octanol–water partition coefficient (Wildman–Crippen LogP) is 20.2. The Labute approximate surface area is 436 Å². The molecule has 0 bridgehead atoms. The van der Waals surface area contributed by atoms with Crippen LogP contribution in [-0.4, -0.2) is 4.57 Å². The Balaban J connectivity index is 0.801. The normalized spacial score (nSPS) is 11.5. The van der Waals surface area contributed by atoms with E-state index >= 15 is 0 Å². The van der Waals surface area contributed by atoms with Crippen molar-refractivity contribution in [2.45, 2.75) is 0 Å². The van der Waals surface area contributed by atoms with Crippen LogP contribution in [-0.2, 0) is 0 Å². The second-order valence-corrected chi connectivity index (χ2v) is 19.3. The van der Waals surface area contributed by atoms with Crippen LogP contribution in [0.1, 0.15) is 0 Å². The standard InChI is InChI=1S/C72H48N2O/c1-2-15-49(16-3-1)53-17-10-18-54(45-53)50-33-39-60(40-34-50)73(62-43-37-52(38-44-62)58-22-13-24-63(48-58)74-68-29-7-4-25-65(68)66-26-5-8-30-69(66)74)61-41-35-51(36-42-61)55-19-11-20-56(46-55)57-21-12-23-59(47-57)64-28-14-32-71-72(64)67-27-6-9-31-70(67)75-71/h1-48H. The molecule has 0 radical (unpaired) electrons. The highest BCUT2D eigenvalue weighted by Crippen LogP contribution is 2.41. The van der Waals surface area contributed by atoms with Gasteiger partial charge < -0.3 is 13.9 Å². The summed E-state index contributed by atoms with van der Waals surface area (Å²) in [7, 11) is 0. The van der Waals surface area contributed by atoms with E-state index in [1.165, 1.54) is 60.8 Å². The number of hydrogen-bond donors (Lipinski definition) is 0. The summed E-state index contributed by atoms with van der Waals surface area (Å²) >= 11 is 0. The van der Waals surface area contributed by atoms with Gasteiger partial charge in [-0.15, -0.1) is 0 Å². The summed E-state index contributed by atoms with van der Waals surface area (Å²) in [5.74, 6) is 0. The van der Waals surface area contributed by atoms with Crippen LogP contribution >= 0.6 is 0 Å². The van der Waals surface area contributed by atoms with Crippen molar-refractivity contribution in [1.29, 1.82) is 0 Å². The number of rotatable bonds is 10. The highest BCUT2D eigenvalue weighted by Gasteiger charge is 2.17. The minimum Gasteiger partial charge on any atom is -0.456 e. The van der Waals surface area contributed by atoms with Crippen LogP contribution in [0.5, 0.6) is 0 Å². The van der Waals surface area contributed by atoms with E-state index in [0.29, 0.717) is 0 Å². The Morgan fingerprint density at radius 2 is 0.627 bits per heavy atom. The fraction of sp³-hybridized carbons (Fsp3) is 0. The second-order valence-electron chi connectivity index (χ2n) is 19.3. The zero-order chi connectivity index (χ0) is 49.7. The largest absolute Gasteiger partial charge is 0.456 e. The molecule has 0 saturated carbocycles. The first-order chi connectivity index (χ1) is 37.2. The smallest absolute Gasteiger partial charge is 0.136 e. The van der Waals surface area contributed by atoms with Gasteiger partial charge in [0.05, 0.1) is 11.0 Å². The number of fused-ring (bicyclic) bond motifs is 6. The van der Waals surface area contributed by atoms with Gasteiger partial charge in [0.1, 0.15) is 11.2 Å². The molecule has 0 saturated heterocycles. The molecule has 2 heterocycles. The van der Waals surface area contributed by atoms with Gasteiger partial charge in [0, 0.05) is 44.3 Å². The van der Waals surface area contributed by atoms with Crippen LogP contribution in [0.2, 0.25) is 0 Å². The van der Waals surface area contributed by atoms with Crippen LogP contribution in [0.15, 0.2) is 296 Å². The molecule has 3 nitrogen and oxygen atoms in total. The van der Waals surface area contributed by atoms with Gasteiger partial charge in [-0.3, -0.25) is 0 Å². The maximum absolute atomic E-state index is 6.26. The van der Waals surface area contributed by atoms with Crippen LogP contribution in [0.4, 0.5) is 17.1 Å². The lowest BCUT2D eigenvalue weighted by Gasteiger charge is -2.26. The SMILES string of the molecule is c1ccc(-c2cccc(-c3ccc(N(c4ccc(-c5cccc(-c6cccc(-c7cccc8oc9ccccc9c78)c6)c5)cc4)c4ccc(-c5cccc(-n6c7ccccc7c7ccccc76)c5)cc4)cc3)c2)cc1. The van der Waals surface area contributed by atoms with Crippen molar-refractivity contribution in [3.8, 4) is 72.4 Å². The molecule has 352 valence electrons. The molecular formula is C72H48N2O. The molecule has 75 heavy (non-hydrogen) atoms. The van der Waals surface area contributed by atoms with Gasteiger partial charge in [-0.2, -0.15) is 0 Å². The van der Waals surface area contributed by atoms with Crippen LogP contribution < -0.4 is 4.90 Å². The number of furan rings is 1. The first kappa shape index (κ1) is 43.8. The highest BCUT2D eigenvalue weighted by atomic mass is 16.3. The van der Waals surface area contributed by atoms with E-state index in [4.69, 9.17) is 4.42 Å². The third kappa shape index (κ3) is 8.04. The summed E-state index contributed by atoms with van der Waals surface area (Å²) in [5, 5.41) is 4.80. The summed E-state index contributed by atoms with van der Waals surface area (Å²) in [6.45, 7) is 0. The van der Waals surface area contributed by atoms with Gasteiger partial charge in [0.15, 0.2) is 0 Å². The predicted molar refractivity (Wildman–Crippen MR) is 315 cm³/mol. The zero-order valence-electron chi connectivity index (χ0n) is 41.0. The lowest BCUT2D eigenvalue weighted by molar-refractivity contribution is 0.669. The van der Waals surface area contributed by atoms with Crippen molar-refractivity contribution >= 4 is 60.8 Å². The van der Waals surface area contributed by atoms with E-state index in [1.807, 2.05) is 12.1 Å². The summed E-state index contributed by atoms with van der Waals surface area (Å²) in [5.41, 5.74) is 22.6. The van der Waals surface area contributed by atoms with E-state index in [1.54, 1.807) is 0 Å². The lowest BCUT2D eigenvalue weighted by atomic mass is 9.94. The number of nitrogens with zero attached hydrogens (tertiary/aromatic N) is 2. The average Bonchev–Trinajstić information content (AvgIpc) is 4.07. The Hall–Kier alpha value is -9.96. The molecule has 14 rings (SSSR count). The zero-order valence-corrected chi connectivity index (χ0v) is 41.0. The van der Waals surface area contributed by atoms with Crippen molar-refractivity contribution < 1.29 is 4.42 Å². The van der Waals surface area contributed by atoms with Crippen molar-refractivity contribution in [3.05, 3.63) is 291 Å². The minimum absolute atomic E-state index is 0.902. The molecule has 0 aliphatic carbocycles. The van der Waals surface area contributed by atoms with E-state index in [-0.39, 0.29) is 0 Å². The Bertz CT molecular complexity index is 4340. The monoisotopic (exact) mass is 956 g/mol. The van der Waals surface area contributed by atoms with E-state index in [9.17, 15) is 0 Å². The summed E-state index contributed by atoms with van der Waals surface area (Å²) in [6.07, 6.45) is 0. The fourth-order valence-corrected chi connectivity index (χ4v) is 11.2. The number of benzene rings is 12. The topological polar surface area (TPSA) is 21.3 Å². The first-order valence-electron chi connectivity index (χ1n) is 25.6. The van der Waals surface area contributed by atoms with Crippen molar-refractivity contribution in [2.75, 3.05) is 4.90 Å². The molecule has 3 heteroatoms. The Morgan fingerprint density at radius 1 is 0.253 bits per heavy atom. The molecule has 0 spiro atoms. The first-order valence-corrected chi connectivity index (χ1v) is 25.6. The van der Waals surface area contributed by atoms with Gasteiger partial charge in [-0.1, -0.05) is 200 Å². The molecule has 0 unspecified atom stereocenters. The lowest BCUT2D eigenvalue weighted by Crippen LogP contribution is -2.09. The third-order valence-corrected chi connectivity index (χ3v) is 14.8. The molecule has 0 aliphatic heterocycles. The van der Waals surface area contributed by atoms with Crippen molar-refractivity contribution in [1.82, 2.24) is 4.57 Å². The maximum atomic E-state index is 6.26. The van der Waals surface area contributed by atoms with Gasteiger partial charge in [-0.25, -0.2) is 0 Å². The van der Waals surface area contributed by atoms with Gasteiger partial charge >= 0.3 is 0 Å². The Morgan fingerprint density at radius 3 is 1.17 bits per heavy atom. The molecule has 0 amide bonds. The van der Waals surface area contributed by atoms with Crippen molar-refractivity contribution in [2.24, 2.45) is 0 Å². The fourth-order valence-electron chi connectivity index (χ4n) is 11.2. The summed E-state index contributed by atoms with van der Waals surface area (Å²) in [4.78, 5) is 2.36. The van der Waals surface area contributed by atoms with Crippen LogP contribution in [0.3, 0.4) is 0 Å². The summed E-state index contributed by atoms with van der Waals surface area (Å²) < 4.78 is 8.64. The second kappa shape index (κ2) is 18.6. The van der Waals surface area contributed by atoms with E-state index < -0.39 is 0 Å². The number of aromatic nitrogens is 1. The molecular weight excluding hydrogens is 909 g/mol. The highest BCUT2D eigenvalue weighted by molar-refractivity contribution is 6.13. The van der Waals surface area contributed by atoms with E-state index in [0.717, 1.165) is 72.5 Å². The number of para-hydroxylation sites is 3. The van der Waals surface area contributed by atoms with E-state index in [2.05, 4.69) is 289 Å². The molecule has 14 aromatic rings. The molecule has 2 aromatic heterocycles. The molecule has 0 atom stereocenters.